The Morgan fingerprint density at radius 2 is 2.00 bits per heavy atom. The first-order chi connectivity index (χ1) is 5.34. The van der Waals surface area contributed by atoms with E-state index < -0.39 is 11.2 Å². The van der Waals surface area contributed by atoms with Gasteiger partial charge in [0.05, 0.1) is 0 Å². The average molecular weight is 199 g/mol. The maximum absolute atomic E-state index is 12.1. The van der Waals surface area contributed by atoms with Crippen LogP contribution in [0.5, 0.6) is 0 Å². The summed E-state index contributed by atoms with van der Waals surface area (Å²) >= 11 is 4.52. The van der Waals surface area contributed by atoms with E-state index in [4.69, 9.17) is 0 Å². The highest BCUT2D eigenvalue weighted by molar-refractivity contribution is 6.32. The predicted molar refractivity (Wildman–Crippen MR) is 44.5 cm³/mol. The molecule has 0 aromatic rings. The Bertz CT molecular complexity index is 152. The number of carbonyl (C=O) groups excluding carboxylic acids is 1. The van der Waals surface area contributed by atoms with Gasteiger partial charge in [-0.1, -0.05) is 20.3 Å². The molecular formula is C8H13ClF2O. The van der Waals surface area contributed by atoms with Gasteiger partial charge < -0.3 is 0 Å². The number of rotatable bonds is 5. The number of hydrogen-bond acceptors (Lipinski definition) is 1. The van der Waals surface area contributed by atoms with Crippen LogP contribution >= 0.6 is 11.6 Å². The third-order valence-corrected chi connectivity index (χ3v) is 1.71. The molecule has 0 heterocycles. The van der Waals surface area contributed by atoms with Crippen molar-refractivity contribution in [2.45, 2.75) is 38.5 Å². The fourth-order valence-corrected chi connectivity index (χ4v) is 0.907. The molecule has 0 aliphatic heterocycles. The molecule has 12 heavy (non-hydrogen) atoms. The van der Waals surface area contributed by atoms with Crippen molar-refractivity contribution in [3.05, 3.63) is 0 Å². The summed E-state index contributed by atoms with van der Waals surface area (Å²) in [6.07, 6.45) is 1.13. The molecule has 0 amide bonds. The van der Waals surface area contributed by atoms with E-state index in [-0.39, 0.29) is 6.42 Å². The lowest BCUT2D eigenvalue weighted by Crippen LogP contribution is -2.20. The number of hydrogen-bond donors (Lipinski definition) is 0. The molecule has 4 heteroatoms. The van der Waals surface area contributed by atoms with Crippen molar-refractivity contribution in [3.8, 4) is 0 Å². The molecule has 0 aromatic carbocycles. The number of ketones is 1. The lowest BCUT2D eigenvalue weighted by Gasteiger charge is -2.07. The molecule has 1 nitrogen and oxygen atoms in total. The van der Waals surface area contributed by atoms with Crippen LogP contribution in [0.15, 0.2) is 0 Å². The van der Waals surface area contributed by atoms with Crippen molar-refractivity contribution in [1.82, 2.24) is 0 Å². The second kappa shape index (κ2) is 4.75. The molecule has 0 atom stereocenters. The van der Waals surface area contributed by atoms with Gasteiger partial charge in [-0.2, -0.15) is 8.78 Å². The average Bonchev–Trinajstić information content (AvgIpc) is 1.84. The molecule has 0 bridgehead atoms. The van der Waals surface area contributed by atoms with Crippen LogP contribution in [0, 0.1) is 5.92 Å². The van der Waals surface area contributed by atoms with Crippen LogP contribution in [-0.4, -0.2) is 11.2 Å². The summed E-state index contributed by atoms with van der Waals surface area (Å²) in [6, 6.07) is 0. The summed E-state index contributed by atoms with van der Waals surface area (Å²) in [7, 11) is 0. The van der Waals surface area contributed by atoms with Crippen molar-refractivity contribution in [2.24, 2.45) is 5.92 Å². The number of carbonyl (C=O) groups is 1. The number of Topliss-reactive ketones (excluding diaryl/α,β-unsaturated/α-hetero) is 1. The zero-order valence-corrected chi connectivity index (χ0v) is 8.00. The van der Waals surface area contributed by atoms with Crippen LogP contribution in [0.3, 0.4) is 0 Å². The molecule has 0 N–H and O–H groups in total. The minimum atomic E-state index is -3.67. The molecule has 0 radical (unpaired) electrons. The molecule has 0 fully saturated rings. The Balaban J connectivity index is 3.59. The van der Waals surface area contributed by atoms with E-state index >= 15 is 0 Å². The van der Waals surface area contributed by atoms with Gasteiger partial charge >= 0.3 is 5.38 Å². The van der Waals surface area contributed by atoms with Gasteiger partial charge in [-0.15, -0.1) is 0 Å². The molecule has 0 aliphatic rings. The normalized spacial score (nSPS) is 12.2. The zero-order valence-electron chi connectivity index (χ0n) is 7.24. The lowest BCUT2D eigenvalue weighted by atomic mass is 10.1. The van der Waals surface area contributed by atoms with E-state index in [9.17, 15) is 13.6 Å². The third kappa shape index (κ3) is 5.47. The van der Waals surface area contributed by atoms with Crippen LogP contribution in [0.4, 0.5) is 8.78 Å². The van der Waals surface area contributed by atoms with Gasteiger partial charge in [0, 0.05) is 6.42 Å². The van der Waals surface area contributed by atoms with Crippen molar-refractivity contribution in [1.29, 1.82) is 0 Å². The monoisotopic (exact) mass is 198 g/mol. The van der Waals surface area contributed by atoms with Crippen LogP contribution in [0.25, 0.3) is 0 Å². The molecule has 72 valence electrons. The van der Waals surface area contributed by atoms with Gasteiger partial charge in [0.1, 0.15) is 0 Å². The van der Waals surface area contributed by atoms with Crippen LogP contribution in [0.2, 0.25) is 0 Å². The van der Waals surface area contributed by atoms with E-state index in [1.807, 2.05) is 13.8 Å². The topological polar surface area (TPSA) is 17.1 Å². The molecule has 0 aliphatic carbocycles. The largest absolute Gasteiger partial charge is 0.380 e. The Labute approximate surface area is 76.1 Å². The molecule has 0 saturated carbocycles. The highest BCUT2D eigenvalue weighted by atomic mass is 35.5. The molecule has 0 aromatic heterocycles. The maximum atomic E-state index is 12.1. The summed E-state index contributed by atoms with van der Waals surface area (Å²) in [5, 5.41) is -3.67. The minimum Gasteiger partial charge on any atom is -0.291 e. The van der Waals surface area contributed by atoms with Gasteiger partial charge in [0.2, 0.25) is 5.78 Å². The molecule has 0 spiro atoms. The van der Waals surface area contributed by atoms with Gasteiger partial charge in [-0.25, -0.2) is 0 Å². The van der Waals surface area contributed by atoms with Crippen molar-refractivity contribution >= 4 is 17.4 Å². The van der Waals surface area contributed by atoms with Crippen LogP contribution in [0.1, 0.15) is 33.1 Å². The Kier molecular flexibility index (Phi) is 4.68. The van der Waals surface area contributed by atoms with E-state index in [0.29, 0.717) is 12.3 Å². The Hall–Kier alpha value is -0.180. The Morgan fingerprint density at radius 1 is 1.50 bits per heavy atom. The fourth-order valence-electron chi connectivity index (χ4n) is 0.813. The summed E-state index contributed by atoms with van der Waals surface area (Å²) < 4.78 is 24.1. The lowest BCUT2D eigenvalue weighted by molar-refractivity contribution is -0.133. The van der Waals surface area contributed by atoms with Gasteiger partial charge in [0.25, 0.3) is 0 Å². The summed E-state index contributed by atoms with van der Waals surface area (Å²) in [5.74, 6) is -0.744. The van der Waals surface area contributed by atoms with Crippen LogP contribution in [-0.2, 0) is 4.79 Å². The van der Waals surface area contributed by atoms with Crippen molar-refractivity contribution in [3.63, 3.8) is 0 Å². The predicted octanol–water partition coefficient (Wildman–Crippen LogP) is 3.21. The summed E-state index contributed by atoms with van der Waals surface area (Å²) in [4.78, 5) is 10.6. The zero-order chi connectivity index (χ0) is 9.78. The summed E-state index contributed by atoms with van der Waals surface area (Å²) in [5.41, 5.74) is 0. The van der Waals surface area contributed by atoms with Gasteiger partial charge in [-0.05, 0) is 23.9 Å². The van der Waals surface area contributed by atoms with Crippen LogP contribution < -0.4 is 0 Å². The second-order valence-electron chi connectivity index (χ2n) is 3.21. The van der Waals surface area contributed by atoms with Crippen molar-refractivity contribution in [2.75, 3.05) is 0 Å². The van der Waals surface area contributed by atoms with Gasteiger partial charge in [-0.3, -0.25) is 4.79 Å². The first-order valence-electron chi connectivity index (χ1n) is 3.94. The third-order valence-electron chi connectivity index (χ3n) is 1.50. The fraction of sp³-hybridized carbons (Fsp3) is 0.875. The molecule has 0 unspecified atom stereocenters. The number of alkyl halides is 3. The Morgan fingerprint density at radius 3 is 2.33 bits per heavy atom. The number of halogens is 3. The first kappa shape index (κ1) is 11.8. The second-order valence-corrected chi connectivity index (χ2v) is 3.68. The molecule has 0 saturated heterocycles. The SMILES string of the molecule is CC(C)CCCC(=O)C(F)(F)Cl. The maximum Gasteiger partial charge on any atom is 0.380 e. The first-order valence-corrected chi connectivity index (χ1v) is 4.32. The quantitative estimate of drug-likeness (QED) is 0.620. The standard InChI is InChI=1S/C8H13ClF2O/c1-6(2)4-3-5-7(12)8(9,10)11/h6H,3-5H2,1-2H3. The van der Waals surface area contributed by atoms with E-state index in [0.717, 1.165) is 6.42 Å². The van der Waals surface area contributed by atoms with Crippen molar-refractivity contribution < 1.29 is 13.6 Å². The van der Waals surface area contributed by atoms with E-state index in [1.54, 1.807) is 0 Å². The minimum absolute atomic E-state index is 0.130. The smallest absolute Gasteiger partial charge is 0.291 e. The van der Waals surface area contributed by atoms with Gasteiger partial charge in [0.15, 0.2) is 0 Å². The highest BCUT2D eigenvalue weighted by Gasteiger charge is 2.34. The highest BCUT2D eigenvalue weighted by Crippen LogP contribution is 2.23. The molecule has 0 rings (SSSR count). The molecular weight excluding hydrogens is 186 g/mol. The van der Waals surface area contributed by atoms with E-state index in [2.05, 4.69) is 11.6 Å². The van der Waals surface area contributed by atoms with E-state index in [1.165, 1.54) is 0 Å². The summed E-state index contributed by atoms with van der Waals surface area (Å²) in [6.45, 7) is 3.95.